The number of hydrazine groups is 1. The second-order valence-electron chi connectivity index (χ2n) is 7.29. The Morgan fingerprint density at radius 1 is 1.15 bits per heavy atom. The van der Waals surface area contributed by atoms with Gasteiger partial charge in [0.05, 0.1) is 12.2 Å². The Balaban J connectivity index is 1.42. The standard InChI is InChI=1S/C21H31N3O2/c1-2-3-4-5-9-12-17-18(20-14-13-19(17)26-20)15-22-24-21(25)23-16-10-7-6-8-11-16/h5-11,17-20,22H,2-4,12-15H2,1H3,(H2,23,24,25). The summed E-state index contributed by atoms with van der Waals surface area (Å²) in [4.78, 5) is 12.0. The summed E-state index contributed by atoms with van der Waals surface area (Å²) in [5.41, 5.74) is 6.64. The highest BCUT2D eigenvalue weighted by atomic mass is 16.5. The molecule has 2 aliphatic heterocycles. The van der Waals surface area contributed by atoms with Crippen LogP contribution in [0.3, 0.4) is 0 Å². The molecular weight excluding hydrogens is 326 g/mol. The van der Waals surface area contributed by atoms with Gasteiger partial charge in [-0.3, -0.25) is 5.43 Å². The average molecular weight is 357 g/mol. The molecule has 3 N–H and O–H groups in total. The summed E-state index contributed by atoms with van der Waals surface area (Å²) in [6.45, 7) is 2.97. The highest BCUT2D eigenvalue weighted by Gasteiger charge is 2.47. The van der Waals surface area contributed by atoms with E-state index >= 15 is 0 Å². The van der Waals surface area contributed by atoms with Crippen molar-refractivity contribution in [2.45, 2.75) is 57.7 Å². The largest absolute Gasteiger partial charge is 0.374 e. The van der Waals surface area contributed by atoms with E-state index in [0.717, 1.165) is 25.1 Å². The van der Waals surface area contributed by atoms with Crippen LogP contribution in [0.15, 0.2) is 42.5 Å². The van der Waals surface area contributed by atoms with Gasteiger partial charge in [-0.2, -0.15) is 0 Å². The van der Waals surface area contributed by atoms with E-state index in [-0.39, 0.29) is 6.03 Å². The monoisotopic (exact) mass is 357 g/mol. The van der Waals surface area contributed by atoms with Crippen LogP contribution in [0.2, 0.25) is 0 Å². The van der Waals surface area contributed by atoms with E-state index in [1.807, 2.05) is 30.3 Å². The number of nitrogens with one attached hydrogen (secondary N) is 3. The number of unbranched alkanes of at least 4 members (excludes halogenated alkanes) is 2. The number of urea groups is 1. The molecular formula is C21H31N3O2. The van der Waals surface area contributed by atoms with Gasteiger partial charge in [0.25, 0.3) is 0 Å². The maximum Gasteiger partial charge on any atom is 0.333 e. The van der Waals surface area contributed by atoms with Crippen LogP contribution in [0.25, 0.3) is 0 Å². The third-order valence-electron chi connectivity index (χ3n) is 5.46. The molecule has 4 atom stereocenters. The molecule has 0 saturated carbocycles. The fourth-order valence-corrected chi connectivity index (χ4v) is 4.11. The molecule has 0 aliphatic carbocycles. The molecule has 3 rings (SSSR count). The van der Waals surface area contributed by atoms with Crippen molar-refractivity contribution in [2.75, 3.05) is 11.9 Å². The molecule has 0 radical (unpaired) electrons. The van der Waals surface area contributed by atoms with Crippen LogP contribution in [-0.4, -0.2) is 24.8 Å². The highest BCUT2D eigenvalue weighted by Crippen LogP contribution is 2.44. The van der Waals surface area contributed by atoms with E-state index < -0.39 is 0 Å². The van der Waals surface area contributed by atoms with Gasteiger partial charge in [-0.1, -0.05) is 50.1 Å². The summed E-state index contributed by atoms with van der Waals surface area (Å²) in [6, 6.07) is 9.21. The lowest BCUT2D eigenvalue weighted by Gasteiger charge is -2.27. The molecule has 2 amide bonds. The quantitative estimate of drug-likeness (QED) is 0.352. The number of benzene rings is 1. The van der Waals surface area contributed by atoms with Gasteiger partial charge in [0, 0.05) is 18.2 Å². The molecule has 2 heterocycles. The van der Waals surface area contributed by atoms with E-state index in [1.165, 1.54) is 25.7 Å². The van der Waals surface area contributed by atoms with Crippen LogP contribution >= 0.6 is 0 Å². The molecule has 1 aromatic carbocycles. The maximum absolute atomic E-state index is 12.0. The van der Waals surface area contributed by atoms with Gasteiger partial charge in [-0.25, -0.2) is 10.2 Å². The normalized spacial score (nSPS) is 27.1. The Kier molecular flexibility index (Phi) is 7.09. The summed E-state index contributed by atoms with van der Waals surface area (Å²) >= 11 is 0. The number of amides is 2. The maximum atomic E-state index is 12.0. The molecule has 26 heavy (non-hydrogen) atoms. The Morgan fingerprint density at radius 3 is 2.69 bits per heavy atom. The van der Waals surface area contributed by atoms with E-state index in [1.54, 1.807) is 0 Å². The smallest absolute Gasteiger partial charge is 0.333 e. The van der Waals surface area contributed by atoms with Crippen LogP contribution in [0.1, 0.15) is 45.4 Å². The zero-order valence-corrected chi connectivity index (χ0v) is 15.6. The lowest BCUT2D eigenvalue weighted by atomic mass is 9.77. The number of carbonyl (C=O) groups is 1. The van der Waals surface area contributed by atoms with Crippen molar-refractivity contribution in [3.8, 4) is 0 Å². The lowest BCUT2D eigenvalue weighted by molar-refractivity contribution is 0.0870. The van der Waals surface area contributed by atoms with Crippen LogP contribution in [0.4, 0.5) is 10.5 Å². The van der Waals surface area contributed by atoms with Gasteiger partial charge in [0.2, 0.25) is 0 Å². The number of rotatable bonds is 9. The first-order valence-corrected chi connectivity index (χ1v) is 9.93. The van der Waals surface area contributed by atoms with Gasteiger partial charge in [0.1, 0.15) is 0 Å². The summed E-state index contributed by atoms with van der Waals surface area (Å²) in [5.74, 6) is 1.01. The second kappa shape index (κ2) is 9.74. The predicted octanol–water partition coefficient (Wildman–Crippen LogP) is 4.24. The molecule has 2 fully saturated rings. The van der Waals surface area contributed by atoms with E-state index in [4.69, 9.17) is 4.74 Å². The Bertz CT molecular complexity index is 590. The number of carbonyl (C=O) groups excluding carboxylic acids is 1. The molecule has 4 unspecified atom stereocenters. The van der Waals surface area contributed by atoms with Crippen LogP contribution in [0.5, 0.6) is 0 Å². The van der Waals surface area contributed by atoms with Gasteiger partial charge in [-0.15, -0.1) is 0 Å². The van der Waals surface area contributed by atoms with E-state index in [2.05, 4.69) is 35.2 Å². The summed E-state index contributed by atoms with van der Waals surface area (Å²) in [6.07, 6.45) is 12.4. The van der Waals surface area contributed by atoms with Crippen molar-refractivity contribution >= 4 is 11.7 Å². The first-order valence-electron chi connectivity index (χ1n) is 9.93. The fourth-order valence-electron chi connectivity index (χ4n) is 4.11. The minimum Gasteiger partial charge on any atom is -0.374 e. The predicted molar refractivity (Wildman–Crippen MR) is 105 cm³/mol. The molecule has 142 valence electrons. The highest BCUT2D eigenvalue weighted by molar-refractivity contribution is 5.88. The zero-order chi connectivity index (χ0) is 18.2. The molecule has 5 nitrogen and oxygen atoms in total. The number of fused-ring (bicyclic) bond motifs is 2. The molecule has 1 aromatic rings. The number of hydrogen-bond acceptors (Lipinski definition) is 3. The van der Waals surface area contributed by atoms with Gasteiger partial charge in [0.15, 0.2) is 0 Å². The number of anilines is 1. The van der Waals surface area contributed by atoms with Crippen molar-refractivity contribution in [3.63, 3.8) is 0 Å². The van der Waals surface area contributed by atoms with Gasteiger partial charge in [-0.05, 0) is 43.7 Å². The number of ether oxygens (including phenoxy) is 1. The molecule has 2 saturated heterocycles. The van der Waals surface area contributed by atoms with Crippen molar-refractivity contribution in [1.82, 2.24) is 10.9 Å². The average Bonchev–Trinajstić information content (AvgIpc) is 3.24. The molecule has 2 aliphatic rings. The summed E-state index contributed by atoms with van der Waals surface area (Å²) in [7, 11) is 0. The number of hydrogen-bond donors (Lipinski definition) is 3. The Morgan fingerprint density at radius 2 is 1.92 bits per heavy atom. The minimum absolute atomic E-state index is 0.240. The van der Waals surface area contributed by atoms with Crippen molar-refractivity contribution in [3.05, 3.63) is 42.5 Å². The number of para-hydroxylation sites is 1. The third kappa shape index (κ3) is 5.08. The minimum atomic E-state index is -0.240. The summed E-state index contributed by atoms with van der Waals surface area (Å²) < 4.78 is 6.13. The third-order valence-corrected chi connectivity index (χ3v) is 5.46. The second-order valence-corrected chi connectivity index (χ2v) is 7.29. The van der Waals surface area contributed by atoms with Gasteiger partial charge >= 0.3 is 6.03 Å². The first-order chi connectivity index (χ1) is 12.8. The van der Waals surface area contributed by atoms with E-state index in [9.17, 15) is 4.79 Å². The molecule has 0 aromatic heterocycles. The van der Waals surface area contributed by atoms with Gasteiger partial charge < -0.3 is 10.1 Å². The van der Waals surface area contributed by atoms with E-state index in [0.29, 0.717) is 24.0 Å². The van der Waals surface area contributed by atoms with Crippen molar-refractivity contribution in [1.29, 1.82) is 0 Å². The molecule has 0 spiro atoms. The molecule has 5 heteroatoms. The molecule has 2 bridgehead atoms. The fraction of sp³-hybridized carbons (Fsp3) is 0.571. The Hall–Kier alpha value is -1.85. The van der Waals surface area contributed by atoms with Crippen LogP contribution < -0.4 is 16.2 Å². The Labute approximate surface area is 156 Å². The lowest BCUT2D eigenvalue weighted by Crippen LogP contribution is -2.45. The zero-order valence-electron chi connectivity index (χ0n) is 15.6. The SMILES string of the molecule is CCCCC=CCC1C2CCC(O2)C1CNNC(=O)Nc1ccccc1. The topological polar surface area (TPSA) is 62.4 Å². The van der Waals surface area contributed by atoms with Crippen molar-refractivity contribution in [2.24, 2.45) is 11.8 Å². The summed E-state index contributed by atoms with van der Waals surface area (Å²) in [5, 5.41) is 2.81. The van der Waals surface area contributed by atoms with Crippen LogP contribution in [0, 0.1) is 11.8 Å². The van der Waals surface area contributed by atoms with Crippen molar-refractivity contribution < 1.29 is 9.53 Å². The van der Waals surface area contributed by atoms with Crippen LogP contribution in [-0.2, 0) is 4.74 Å². The number of allylic oxidation sites excluding steroid dienone is 2. The first kappa shape index (κ1) is 18.9.